The Morgan fingerprint density at radius 1 is 1.23 bits per heavy atom. The average molecular weight is 446 g/mol. The number of rotatable bonds is 5. The number of carbonyl (C=O) groups excluding carboxylic acids is 1. The highest BCUT2D eigenvalue weighted by Crippen LogP contribution is 2.34. The summed E-state index contributed by atoms with van der Waals surface area (Å²) >= 11 is 2.59. The number of hydrogen-bond donors (Lipinski definition) is 1. The third-order valence-corrected chi connectivity index (χ3v) is 7.07. The largest absolute Gasteiger partial charge is 0.454 e. The van der Waals surface area contributed by atoms with Crippen molar-refractivity contribution in [1.82, 2.24) is 14.5 Å². The highest BCUT2D eigenvalue weighted by molar-refractivity contribution is 7.99. The molecule has 4 heterocycles. The molecule has 9 nitrogen and oxygen atoms in total. The summed E-state index contributed by atoms with van der Waals surface area (Å²) in [5.74, 6) is 1.17. The summed E-state index contributed by atoms with van der Waals surface area (Å²) in [5.41, 5.74) is 0.933. The molecule has 2 aromatic heterocycles. The van der Waals surface area contributed by atoms with Crippen molar-refractivity contribution in [3.05, 3.63) is 28.6 Å². The molecule has 3 aromatic rings. The van der Waals surface area contributed by atoms with Gasteiger partial charge in [0.2, 0.25) is 12.7 Å². The summed E-state index contributed by atoms with van der Waals surface area (Å²) in [5, 5.41) is 4.13. The quantitative estimate of drug-likeness (QED) is 0.472. The molecule has 1 aromatic carbocycles. The third-order valence-electron chi connectivity index (χ3n) is 4.95. The second-order valence-electron chi connectivity index (χ2n) is 7.01. The van der Waals surface area contributed by atoms with Gasteiger partial charge in [0.05, 0.1) is 5.75 Å². The molecule has 5 rings (SSSR count). The van der Waals surface area contributed by atoms with Crippen LogP contribution in [0.2, 0.25) is 0 Å². The van der Waals surface area contributed by atoms with E-state index < -0.39 is 0 Å². The summed E-state index contributed by atoms with van der Waals surface area (Å²) < 4.78 is 12.6. The molecule has 30 heavy (non-hydrogen) atoms. The topological polar surface area (TPSA) is 98.6 Å². The van der Waals surface area contributed by atoms with Crippen molar-refractivity contribution in [3.63, 3.8) is 0 Å². The minimum Gasteiger partial charge on any atom is -0.454 e. The number of nitrogens with one attached hydrogen (secondary N) is 1. The molecule has 2 aliphatic rings. The van der Waals surface area contributed by atoms with Crippen molar-refractivity contribution in [3.8, 4) is 11.5 Å². The van der Waals surface area contributed by atoms with Crippen LogP contribution < -0.4 is 25.2 Å². The minimum atomic E-state index is -0.204. The third kappa shape index (κ3) is 3.58. The molecule has 0 aliphatic carbocycles. The number of benzene rings is 1. The number of thiazole rings is 1. The summed E-state index contributed by atoms with van der Waals surface area (Å²) in [4.78, 5) is 36.4. The fourth-order valence-electron chi connectivity index (χ4n) is 3.40. The van der Waals surface area contributed by atoms with E-state index in [1.165, 1.54) is 27.7 Å². The van der Waals surface area contributed by atoms with Gasteiger partial charge in [0.1, 0.15) is 4.70 Å². The first kappa shape index (κ1) is 19.2. The van der Waals surface area contributed by atoms with Crippen LogP contribution in [0.1, 0.15) is 12.8 Å². The lowest BCUT2D eigenvalue weighted by Gasteiger charge is -2.11. The second-order valence-corrected chi connectivity index (χ2v) is 8.93. The maximum atomic E-state index is 12.8. The molecule has 0 radical (unpaired) electrons. The van der Waals surface area contributed by atoms with Crippen LogP contribution in [-0.2, 0) is 11.8 Å². The monoisotopic (exact) mass is 445 g/mol. The van der Waals surface area contributed by atoms with Gasteiger partial charge in [-0.3, -0.25) is 14.2 Å². The Hall–Kier alpha value is -2.79. The summed E-state index contributed by atoms with van der Waals surface area (Å²) in [6.07, 6.45) is 2.28. The van der Waals surface area contributed by atoms with Gasteiger partial charge in [0.15, 0.2) is 27.4 Å². The summed E-state index contributed by atoms with van der Waals surface area (Å²) in [6.45, 7) is 2.10. The highest BCUT2D eigenvalue weighted by atomic mass is 32.2. The van der Waals surface area contributed by atoms with E-state index in [0.29, 0.717) is 32.7 Å². The van der Waals surface area contributed by atoms with Gasteiger partial charge in [-0.1, -0.05) is 23.1 Å². The molecule has 2 aliphatic heterocycles. The smallest absolute Gasteiger partial charge is 0.273 e. The summed E-state index contributed by atoms with van der Waals surface area (Å²) in [7, 11) is 1.67. The standard InChI is InChI=1S/C19H19N5O4S2/c1-23-17(26)15-16(22-19(30-15)24-6-2-3-7-24)21-18(23)29-9-14(25)20-11-4-5-12-13(8-11)28-10-27-12/h4-5,8H,2-3,6-7,9-10H2,1H3,(H,20,25). The van der Waals surface area contributed by atoms with Gasteiger partial charge in [0, 0.05) is 31.9 Å². The molecule has 11 heteroatoms. The van der Waals surface area contributed by atoms with Crippen molar-refractivity contribution in [2.45, 2.75) is 18.0 Å². The zero-order valence-electron chi connectivity index (χ0n) is 16.2. The van der Waals surface area contributed by atoms with Crippen molar-refractivity contribution >= 4 is 50.2 Å². The zero-order chi connectivity index (χ0) is 20.7. The van der Waals surface area contributed by atoms with Crippen molar-refractivity contribution in [1.29, 1.82) is 0 Å². The molecule has 0 bridgehead atoms. The van der Waals surface area contributed by atoms with E-state index in [-0.39, 0.29) is 24.0 Å². The molecule has 0 spiro atoms. The van der Waals surface area contributed by atoms with Gasteiger partial charge >= 0.3 is 0 Å². The van der Waals surface area contributed by atoms with E-state index in [9.17, 15) is 9.59 Å². The molecule has 1 amide bonds. The lowest BCUT2D eigenvalue weighted by Crippen LogP contribution is -2.20. The van der Waals surface area contributed by atoms with E-state index in [4.69, 9.17) is 9.47 Å². The van der Waals surface area contributed by atoms with Crippen LogP contribution in [0.25, 0.3) is 10.3 Å². The van der Waals surface area contributed by atoms with Crippen LogP contribution in [0, 0.1) is 0 Å². The Morgan fingerprint density at radius 3 is 2.87 bits per heavy atom. The van der Waals surface area contributed by atoms with E-state index in [1.807, 2.05) is 0 Å². The number of aromatic nitrogens is 3. The number of carbonyl (C=O) groups is 1. The van der Waals surface area contributed by atoms with Crippen LogP contribution in [0.4, 0.5) is 10.8 Å². The van der Waals surface area contributed by atoms with Gasteiger partial charge in [-0.2, -0.15) is 4.98 Å². The van der Waals surface area contributed by atoms with Crippen molar-refractivity contribution in [2.24, 2.45) is 7.05 Å². The van der Waals surface area contributed by atoms with Gasteiger partial charge in [0.25, 0.3) is 5.56 Å². The number of amides is 1. The van der Waals surface area contributed by atoms with E-state index in [0.717, 1.165) is 31.1 Å². The predicted octanol–water partition coefficient (Wildman–Crippen LogP) is 2.45. The van der Waals surface area contributed by atoms with E-state index >= 15 is 0 Å². The molecular formula is C19H19N5O4S2. The SMILES string of the molecule is Cn1c(SCC(=O)Nc2ccc3c(c2)OCO3)nc2nc(N3CCCC3)sc2c1=O. The van der Waals surface area contributed by atoms with Crippen LogP contribution in [0.3, 0.4) is 0 Å². The van der Waals surface area contributed by atoms with Crippen molar-refractivity contribution < 1.29 is 14.3 Å². The Kier molecular flexibility index (Phi) is 4.99. The van der Waals surface area contributed by atoms with Crippen LogP contribution in [0.5, 0.6) is 11.5 Å². The fraction of sp³-hybridized carbons (Fsp3) is 0.368. The number of anilines is 2. The first-order chi connectivity index (χ1) is 14.6. The summed E-state index contributed by atoms with van der Waals surface area (Å²) in [6, 6.07) is 5.23. The number of thioether (sulfide) groups is 1. The van der Waals surface area contributed by atoms with Gasteiger partial charge in [-0.05, 0) is 25.0 Å². The fourth-order valence-corrected chi connectivity index (χ4v) is 5.19. The Labute approximate surface area is 180 Å². The van der Waals surface area contributed by atoms with Crippen LogP contribution >= 0.6 is 23.1 Å². The minimum absolute atomic E-state index is 0.114. The van der Waals surface area contributed by atoms with E-state index in [2.05, 4.69) is 20.2 Å². The van der Waals surface area contributed by atoms with E-state index in [1.54, 1.807) is 25.2 Å². The Bertz CT molecular complexity index is 1190. The van der Waals surface area contributed by atoms with Gasteiger partial charge < -0.3 is 19.7 Å². The maximum Gasteiger partial charge on any atom is 0.273 e. The molecule has 0 atom stereocenters. The number of fused-ring (bicyclic) bond motifs is 2. The normalized spacial score (nSPS) is 15.2. The van der Waals surface area contributed by atoms with Crippen molar-refractivity contribution in [2.75, 3.05) is 35.9 Å². The van der Waals surface area contributed by atoms with Gasteiger partial charge in [-0.25, -0.2) is 4.98 Å². The number of hydrogen-bond acceptors (Lipinski definition) is 9. The molecule has 1 N–H and O–H groups in total. The van der Waals surface area contributed by atoms with Crippen LogP contribution in [0.15, 0.2) is 28.2 Å². The highest BCUT2D eigenvalue weighted by Gasteiger charge is 2.20. The molecule has 0 unspecified atom stereocenters. The molecular weight excluding hydrogens is 426 g/mol. The second kappa shape index (κ2) is 7.80. The number of ether oxygens (including phenoxy) is 2. The zero-order valence-corrected chi connectivity index (χ0v) is 17.8. The Morgan fingerprint density at radius 2 is 2.03 bits per heavy atom. The first-order valence-corrected chi connectivity index (χ1v) is 11.3. The lowest BCUT2D eigenvalue weighted by atomic mass is 10.3. The molecule has 1 fully saturated rings. The first-order valence-electron chi connectivity index (χ1n) is 9.53. The number of nitrogens with zero attached hydrogens (tertiary/aromatic N) is 4. The predicted molar refractivity (Wildman–Crippen MR) is 116 cm³/mol. The lowest BCUT2D eigenvalue weighted by molar-refractivity contribution is -0.113. The molecule has 156 valence electrons. The average Bonchev–Trinajstić information content (AvgIpc) is 3.49. The van der Waals surface area contributed by atoms with Gasteiger partial charge in [-0.15, -0.1) is 0 Å². The Balaban J connectivity index is 1.30. The molecule has 1 saturated heterocycles. The van der Waals surface area contributed by atoms with Crippen LogP contribution in [-0.4, -0.2) is 46.1 Å². The molecule has 0 saturated carbocycles. The maximum absolute atomic E-state index is 12.8.